The number of morpholine rings is 1. The van der Waals surface area contributed by atoms with E-state index in [1.807, 2.05) is 6.92 Å². The van der Waals surface area contributed by atoms with Gasteiger partial charge in [-0.05, 0) is 18.6 Å². The van der Waals surface area contributed by atoms with Crippen molar-refractivity contribution in [1.29, 1.82) is 0 Å². The quantitative estimate of drug-likeness (QED) is 0.748. The molecule has 0 N–H and O–H groups in total. The highest BCUT2D eigenvalue weighted by atomic mass is 19.1. The fourth-order valence-electron chi connectivity index (χ4n) is 2.38. The van der Waals surface area contributed by atoms with E-state index in [4.69, 9.17) is 9.47 Å². The molecule has 1 heterocycles. The van der Waals surface area contributed by atoms with Gasteiger partial charge in [0.25, 0.3) is 0 Å². The zero-order chi connectivity index (χ0) is 15.9. The van der Waals surface area contributed by atoms with Crippen LogP contribution in [0.25, 0.3) is 0 Å². The van der Waals surface area contributed by atoms with Crippen LogP contribution in [0.3, 0.4) is 0 Å². The van der Waals surface area contributed by atoms with E-state index in [1.54, 1.807) is 12.1 Å². The molecule has 0 amide bonds. The second-order valence-corrected chi connectivity index (χ2v) is 5.34. The third-order valence-corrected chi connectivity index (χ3v) is 3.59. The first kappa shape index (κ1) is 16.7. The van der Waals surface area contributed by atoms with Gasteiger partial charge < -0.3 is 14.2 Å². The molecular weight excluding hydrogens is 289 g/mol. The zero-order valence-electron chi connectivity index (χ0n) is 13.0. The van der Waals surface area contributed by atoms with Crippen molar-refractivity contribution in [1.82, 2.24) is 4.90 Å². The summed E-state index contributed by atoms with van der Waals surface area (Å²) in [5, 5.41) is 0. The Labute approximate surface area is 130 Å². The molecule has 2 rings (SSSR count). The van der Waals surface area contributed by atoms with E-state index in [0.717, 1.165) is 26.2 Å². The Hall–Kier alpha value is -1.66. The lowest BCUT2D eigenvalue weighted by Gasteiger charge is -2.30. The average Bonchev–Trinajstić information content (AvgIpc) is 2.50. The van der Waals surface area contributed by atoms with Crippen LogP contribution >= 0.6 is 0 Å². The first-order chi connectivity index (χ1) is 10.6. The molecule has 0 aromatic heterocycles. The Balaban J connectivity index is 1.80. The second kappa shape index (κ2) is 8.10. The molecule has 122 valence electrons. The average molecular weight is 311 g/mol. The lowest BCUT2D eigenvalue weighted by molar-refractivity contribution is -0.139. The summed E-state index contributed by atoms with van der Waals surface area (Å²) < 4.78 is 29.4. The lowest BCUT2D eigenvalue weighted by atomic mass is 10.1. The van der Waals surface area contributed by atoms with Gasteiger partial charge in [-0.2, -0.15) is 0 Å². The van der Waals surface area contributed by atoms with Crippen LogP contribution in [0, 0.1) is 5.82 Å². The minimum absolute atomic E-state index is 0.0751. The Kier molecular flexibility index (Phi) is 6.15. The van der Waals surface area contributed by atoms with Gasteiger partial charge in [0.2, 0.25) is 0 Å². The number of nitrogens with zero attached hydrogens (tertiary/aromatic N) is 1. The maximum absolute atomic E-state index is 13.9. The summed E-state index contributed by atoms with van der Waals surface area (Å²) in [5.41, 5.74) is 0.307. The molecule has 0 radical (unpaired) electrons. The highest BCUT2D eigenvalue weighted by Gasteiger charge is 2.16. The maximum atomic E-state index is 13.9. The van der Waals surface area contributed by atoms with Crippen LogP contribution in [0.2, 0.25) is 0 Å². The Morgan fingerprint density at radius 1 is 1.50 bits per heavy atom. The zero-order valence-corrected chi connectivity index (χ0v) is 13.0. The van der Waals surface area contributed by atoms with Crippen molar-refractivity contribution in [3.05, 3.63) is 29.6 Å². The first-order valence-electron chi connectivity index (χ1n) is 7.40. The SMILES string of the molecule is COC(=O)Cc1ccc(OCCN2CCO[C@H](C)C2)cc1F. The van der Waals surface area contributed by atoms with Gasteiger partial charge in [0.15, 0.2) is 0 Å². The van der Waals surface area contributed by atoms with Crippen molar-refractivity contribution in [2.75, 3.05) is 40.0 Å². The standard InChI is InChI=1S/C16H22FNO4/c1-12-11-18(5-7-21-12)6-8-22-14-4-3-13(15(17)10-14)9-16(19)20-2/h3-4,10,12H,5-9,11H2,1-2H3/t12-/m1/s1. The van der Waals surface area contributed by atoms with Gasteiger partial charge in [0.05, 0.1) is 26.2 Å². The minimum atomic E-state index is -0.464. The summed E-state index contributed by atoms with van der Waals surface area (Å²) in [5.74, 6) is -0.454. The maximum Gasteiger partial charge on any atom is 0.310 e. The van der Waals surface area contributed by atoms with E-state index in [2.05, 4.69) is 9.64 Å². The molecule has 6 heteroatoms. The molecule has 22 heavy (non-hydrogen) atoms. The second-order valence-electron chi connectivity index (χ2n) is 5.34. The number of esters is 1. The topological polar surface area (TPSA) is 48.0 Å². The molecule has 1 aliphatic heterocycles. The molecule has 0 spiro atoms. The third-order valence-electron chi connectivity index (χ3n) is 3.59. The smallest absolute Gasteiger partial charge is 0.310 e. The highest BCUT2D eigenvalue weighted by Crippen LogP contribution is 2.17. The van der Waals surface area contributed by atoms with Crippen molar-refractivity contribution >= 4 is 5.97 Å². The van der Waals surface area contributed by atoms with Gasteiger partial charge >= 0.3 is 5.97 Å². The Bertz CT molecular complexity index is 509. The number of benzene rings is 1. The molecule has 0 aliphatic carbocycles. The first-order valence-corrected chi connectivity index (χ1v) is 7.40. The number of methoxy groups -OCH3 is 1. The molecule has 5 nitrogen and oxygen atoms in total. The largest absolute Gasteiger partial charge is 0.492 e. The van der Waals surface area contributed by atoms with E-state index in [9.17, 15) is 9.18 Å². The fourth-order valence-corrected chi connectivity index (χ4v) is 2.38. The van der Waals surface area contributed by atoms with E-state index in [1.165, 1.54) is 13.2 Å². The van der Waals surface area contributed by atoms with Crippen LogP contribution in [-0.4, -0.2) is 56.9 Å². The number of carbonyl (C=O) groups is 1. The van der Waals surface area contributed by atoms with Crippen molar-refractivity contribution < 1.29 is 23.4 Å². The van der Waals surface area contributed by atoms with Crippen LogP contribution in [0.15, 0.2) is 18.2 Å². The van der Waals surface area contributed by atoms with Crippen LogP contribution in [0.5, 0.6) is 5.75 Å². The van der Waals surface area contributed by atoms with Crippen molar-refractivity contribution in [3.8, 4) is 5.75 Å². The number of rotatable bonds is 6. The normalized spacial score (nSPS) is 19.0. The molecule has 1 atom stereocenters. The van der Waals surface area contributed by atoms with Gasteiger partial charge in [-0.3, -0.25) is 9.69 Å². The minimum Gasteiger partial charge on any atom is -0.492 e. The van der Waals surface area contributed by atoms with Gasteiger partial charge in [0, 0.05) is 25.7 Å². The summed E-state index contributed by atoms with van der Waals surface area (Å²) in [6.07, 6.45) is 0.165. The summed E-state index contributed by atoms with van der Waals surface area (Å²) in [4.78, 5) is 13.4. The monoisotopic (exact) mass is 311 g/mol. The van der Waals surface area contributed by atoms with Crippen LogP contribution in [0.4, 0.5) is 4.39 Å². The van der Waals surface area contributed by atoms with Crippen LogP contribution in [-0.2, 0) is 20.7 Å². The Morgan fingerprint density at radius 3 is 3.00 bits per heavy atom. The fraction of sp³-hybridized carbons (Fsp3) is 0.562. The van der Waals surface area contributed by atoms with Gasteiger partial charge in [-0.1, -0.05) is 6.07 Å². The summed E-state index contributed by atoms with van der Waals surface area (Å²) in [6.45, 7) is 5.82. The molecule has 1 saturated heterocycles. The van der Waals surface area contributed by atoms with Gasteiger partial charge in [-0.25, -0.2) is 4.39 Å². The number of halogens is 1. The van der Waals surface area contributed by atoms with Gasteiger partial charge in [0.1, 0.15) is 18.2 Å². The molecule has 0 bridgehead atoms. The number of ether oxygens (including phenoxy) is 3. The molecule has 1 aromatic rings. The van der Waals surface area contributed by atoms with Crippen LogP contribution < -0.4 is 4.74 Å². The number of hydrogen-bond donors (Lipinski definition) is 0. The predicted molar refractivity (Wildman–Crippen MR) is 79.5 cm³/mol. The third kappa shape index (κ3) is 4.96. The van der Waals surface area contributed by atoms with Crippen molar-refractivity contribution in [2.45, 2.75) is 19.4 Å². The summed E-state index contributed by atoms with van der Waals surface area (Å²) in [7, 11) is 1.28. The molecular formula is C16H22FNO4. The van der Waals surface area contributed by atoms with E-state index < -0.39 is 11.8 Å². The van der Waals surface area contributed by atoms with E-state index >= 15 is 0 Å². The number of carbonyl (C=O) groups excluding carboxylic acids is 1. The molecule has 0 saturated carbocycles. The van der Waals surface area contributed by atoms with Crippen molar-refractivity contribution in [3.63, 3.8) is 0 Å². The molecule has 1 aromatic carbocycles. The Morgan fingerprint density at radius 2 is 2.32 bits per heavy atom. The van der Waals surface area contributed by atoms with E-state index in [0.29, 0.717) is 17.9 Å². The highest BCUT2D eigenvalue weighted by molar-refractivity contribution is 5.72. The molecule has 0 unspecified atom stereocenters. The predicted octanol–water partition coefficient (Wildman–Crippen LogP) is 1.64. The molecule has 1 aliphatic rings. The molecule has 1 fully saturated rings. The van der Waals surface area contributed by atoms with Gasteiger partial charge in [-0.15, -0.1) is 0 Å². The lowest BCUT2D eigenvalue weighted by Crippen LogP contribution is -2.42. The van der Waals surface area contributed by atoms with Crippen LogP contribution in [0.1, 0.15) is 12.5 Å². The van der Waals surface area contributed by atoms with Crippen molar-refractivity contribution in [2.24, 2.45) is 0 Å². The number of hydrogen-bond acceptors (Lipinski definition) is 5. The van der Waals surface area contributed by atoms with E-state index in [-0.39, 0.29) is 12.5 Å². The summed E-state index contributed by atoms with van der Waals surface area (Å²) in [6, 6.07) is 4.53. The summed E-state index contributed by atoms with van der Waals surface area (Å²) >= 11 is 0.